The van der Waals surface area contributed by atoms with Crippen molar-refractivity contribution in [3.05, 3.63) is 36.4 Å². The lowest BCUT2D eigenvalue weighted by atomic mass is 9.65. The topological polar surface area (TPSA) is 57.7 Å². The van der Waals surface area contributed by atoms with Crippen molar-refractivity contribution in [3.63, 3.8) is 0 Å². The van der Waals surface area contributed by atoms with E-state index >= 15 is 0 Å². The van der Waals surface area contributed by atoms with E-state index in [1.807, 2.05) is 23.1 Å². The molecule has 1 saturated heterocycles. The molecule has 0 N–H and O–H groups in total. The Labute approximate surface area is 166 Å². The van der Waals surface area contributed by atoms with Crippen LogP contribution in [-0.4, -0.2) is 38.4 Å². The number of nitrogens with zero attached hydrogens (tertiary/aromatic N) is 2. The lowest BCUT2D eigenvalue weighted by Gasteiger charge is -2.39. The number of likely N-dealkylation sites (tertiary alicyclic amines) is 1. The van der Waals surface area contributed by atoms with Crippen molar-refractivity contribution in [2.24, 2.45) is 10.8 Å². The van der Waals surface area contributed by atoms with E-state index in [2.05, 4.69) is 20.8 Å². The van der Waals surface area contributed by atoms with Gasteiger partial charge in [0.2, 0.25) is 5.91 Å². The van der Waals surface area contributed by atoms with Crippen LogP contribution in [0.1, 0.15) is 40.0 Å². The molecule has 2 atom stereocenters. The molecule has 2 aliphatic heterocycles. The summed E-state index contributed by atoms with van der Waals surface area (Å²) in [5, 5.41) is 1.62. The van der Waals surface area contributed by atoms with E-state index in [4.69, 9.17) is 0 Å². The summed E-state index contributed by atoms with van der Waals surface area (Å²) in [5.74, 6) is -0.0835. The van der Waals surface area contributed by atoms with Gasteiger partial charge in [0, 0.05) is 18.0 Å². The quantitative estimate of drug-likeness (QED) is 0.774. The standard InChI is InChI=1S/C22H26N2O3S/c1-21(2)10-16-11-22(3,13-21)14-23(16)19(25)12-24-17-8-4-6-15-7-5-9-18(20(15)17)28(24,26)27/h4-9,16H,10-14H2,1-3H3. The molecule has 2 fully saturated rings. The number of anilines is 1. The average molecular weight is 399 g/mol. The monoisotopic (exact) mass is 398 g/mol. The van der Waals surface area contributed by atoms with E-state index in [0.717, 1.165) is 36.6 Å². The smallest absolute Gasteiger partial charge is 0.265 e. The highest BCUT2D eigenvalue weighted by Gasteiger charge is 2.51. The van der Waals surface area contributed by atoms with Crippen LogP contribution in [0.4, 0.5) is 5.69 Å². The molecule has 3 aliphatic rings. The normalized spacial score (nSPS) is 29.5. The van der Waals surface area contributed by atoms with Gasteiger partial charge in [-0.15, -0.1) is 0 Å². The first-order valence-corrected chi connectivity index (χ1v) is 11.4. The highest BCUT2D eigenvalue weighted by molar-refractivity contribution is 7.93. The van der Waals surface area contributed by atoms with Crippen LogP contribution >= 0.6 is 0 Å². The van der Waals surface area contributed by atoms with Gasteiger partial charge in [-0.2, -0.15) is 0 Å². The molecule has 2 aromatic rings. The largest absolute Gasteiger partial charge is 0.338 e. The summed E-state index contributed by atoms with van der Waals surface area (Å²) in [5.41, 5.74) is 0.971. The van der Waals surface area contributed by atoms with Gasteiger partial charge in [0.05, 0.1) is 10.6 Å². The van der Waals surface area contributed by atoms with Gasteiger partial charge in [-0.05, 0) is 47.6 Å². The third-order valence-electron chi connectivity index (χ3n) is 6.70. The Hall–Kier alpha value is -2.08. The molecule has 2 bridgehead atoms. The molecule has 5 nitrogen and oxygen atoms in total. The summed E-state index contributed by atoms with van der Waals surface area (Å²) in [4.78, 5) is 15.5. The molecule has 2 aromatic carbocycles. The van der Waals surface area contributed by atoms with Crippen molar-refractivity contribution >= 4 is 32.4 Å². The summed E-state index contributed by atoms with van der Waals surface area (Å²) in [7, 11) is -3.70. The van der Waals surface area contributed by atoms with Gasteiger partial charge in [0.1, 0.15) is 6.54 Å². The fourth-order valence-corrected chi connectivity index (χ4v) is 7.75. The van der Waals surface area contributed by atoms with E-state index in [-0.39, 0.29) is 29.3 Å². The zero-order chi connectivity index (χ0) is 19.9. The fourth-order valence-electron chi connectivity index (χ4n) is 6.09. The molecule has 0 aromatic heterocycles. The van der Waals surface area contributed by atoms with Gasteiger partial charge in [-0.1, -0.05) is 45.0 Å². The predicted molar refractivity (Wildman–Crippen MR) is 110 cm³/mol. The van der Waals surface area contributed by atoms with Gasteiger partial charge < -0.3 is 4.90 Å². The minimum absolute atomic E-state index is 0.0835. The number of carbonyl (C=O) groups is 1. The van der Waals surface area contributed by atoms with Gasteiger partial charge >= 0.3 is 0 Å². The molecular formula is C22H26N2O3S. The Morgan fingerprint density at radius 2 is 1.82 bits per heavy atom. The van der Waals surface area contributed by atoms with Crippen molar-refractivity contribution in [2.45, 2.75) is 51.0 Å². The molecule has 1 aliphatic carbocycles. The van der Waals surface area contributed by atoms with Crippen LogP contribution in [0.5, 0.6) is 0 Å². The Balaban J connectivity index is 1.48. The second kappa shape index (κ2) is 5.50. The molecule has 0 spiro atoms. The molecule has 6 heteroatoms. The van der Waals surface area contributed by atoms with Crippen LogP contribution in [0.25, 0.3) is 10.8 Å². The number of fused-ring (bicyclic) bond motifs is 2. The molecule has 0 radical (unpaired) electrons. The average Bonchev–Trinajstić information content (AvgIpc) is 2.98. The van der Waals surface area contributed by atoms with Crippen LogP contribution in [0.15, 0.2) is 41.3 Å². The molecule has 2 unspecified atom stereocenters. The first-order valence-electron chi connectivity index (χ1n) is 9.94. The van der Waals surface area contributed by atoms with Crippen molar-refractivity contribution in [2.75, 3.05) is 17.4 Å². The molecule has 2 heterocycles. The van der Waals surface area contributed by atoms with E-state index in [0.29, 0.717) is 10.6 Å². The maximum Gasteiger partial charge on any atom is 0.265 e. The molecule has 1 amide bonds. The summed E-state index contributed by atoms with van der Waals surface area (Å²) in [6, 6.07) is 11.1. The molecule has 148 valence electrons. The highest BCUT2D eigenvalue weighted by Crippen LogP contribution is 2.52. The number of carbonyl (C=O) groups excluding carboxylic acids is 1. The van der Waals surface area contributed by atoms with Gasteiger partial charge in [-0.3, -0.25) is 9.10 Å². The van der Waals surface area contributed by atoms with E-state index in [1.54, 1.807) is 18.2 Å². The summed E-state index contributed by atoms with van der Waals surface area (Å²) >= 11 is 0. The van der Waals surface area contributed by atoms with Crippen molar-refractivity contribution in [1.82, 2.24) is 4.90 Å². The number of benzene rings is 2. The van der Waals surface area contributed by atoms with Gasteiger partial charge in [0.25, 0.3) is 10.0 Å². The third kappa shape index (κ3) is 2.50. The number of amides is 1. The maximum atomic E-state index is 13.3. The van der Waals surface area contributed by atoms with Crippen LogP contribution in [0, 0.1) is 10.8 Å². The zero-order valence-corrected chi connectivity index (χ0v) is 17.4. The lowest BCUT2D eigenvalue weighted by Crippen LogP contribution is -2.44. The molecule has 5 rings (SSSR count). The predicted octanol–water partition coefficient (Wildman–Crippen LogP) is 3.78. The Bertz CT molecular complexity index is 1100. The van der Waals surface area contributed by atoms with Crippen molar-refractivity contribution < 1.29 is 13.2 Å². The van der Waals surface area contributed by atoms with E-state index < -0.39 is 10.0 Å². The van der Waals surface area contributed by atoms with Crippen LogP contribution in [0.2, 0.25) is 0 Å². The maximum absolute atomic E-state index is 13.3. The second-order valence-electron chi connectivity index (χ2n) is 9.88. The molecule has 1 saturated carbocycles. The Kier molecular flexibility index (Phi) is 3.53. The number of hydrogen-bond donors (Lipinski definition) is 0. The third-order valence-corrected chi connectivity index (χ3v) is 8.50. The molecule has 28 heavy (non-hydrogen) atoms. The minimum atomic E-state index is -3.70. The summed E-state index contributed by atoms with van der Waals surface area (Å²) in [6.07, 6.45) is 3.11. The minimum Gasteiger partial charge on any atom is -0.338 e. The Morgan fingerprint density at radius 3 is 2.57 bits per heavy atom. The first kappa shape index (κ1) is 18.0. The number of rotatable bonds is 2. The number of sulfonamides is 1. The first-order chi connectivity index (χ1) is 13.1. The lowest BCUT2D eigenvalue weighted by molar-refractivity contribution is -0.130. The fraction of sp³-hybridized carbons (Fsp3) is 0.500. The summed E-state index contributed by atoms with van der Waals surface area (Å²) < 4.78 is 27.6. The second-order valence-corrected chi connectivity index (χ2v) is 11.7. The SMILES string of the molecule is CC1(C)CC2CC(C)(CN2C(=O)CN2c3cccc4cccc(c34)S2(=O)=O)C1. The highest BCUT2D eigenvalue weighted by atomic mass is 32.2. The van der Waals surface area contributed by atoms with E-state index in [1.165, 1.54) is 4.31 Å². The van der Waals surface area contributed by atoms with Crippen molar-refractivity contribution in [1.29, 1.82) is 0 Å². The number of hydrogen-bond acceptors (Lipinski definition) is 3. The van der Waals surface area contributed by atoms with Crippen molar-refractivity contribution in [3.8, 4) is 0 Å². The molecular weight excluding hydrogens is 372 g/mol. The van der Waals surface area contributed by atoms with Crippen LogP contribution < -0.4 is 4.31 Å². The van der Waals surface area contributed by atoms with Crippen LogP contribution in [-0.2, 0) is 14.8 Å². The van der Waals surface area contributed by atoms with E-state index in [9.17, 15) is 13.2 Å². The summed E-state index contributed by atoms with van der Waals surface area (Å²) in [6.45, 7) is 7.41. The van der Waals surface area contributed by atoms with Crippen LogP contribution in [0.3, 0.4) is 0 Å². The van der Waals surface area contributed by atoms with Gasteiger partial charge in [0.15, 0.2) is 0 Å². The van der Waals surface area contributed by atoms with Gasteiger partial charge in [-0.25, -0.2) is 8.42 Å². The zero-order valence-electron chi connectivity index (χ0n) is 16.6. The Morgan fingerprint density at radius 1 is 1.11 bits per heavy atom.